The summed E-state index contributed by atoms with van der Waals surface area (Å²) in [5.41, 5.74) is 4.63. The van der Waals surface area contributed by atoms with Crippen LogP contribution >= 0.6 is 0 Å². The summed E-state index contributed by atoms with van der Waals surface area (Å²) in [6, 6.07) is 31.4. The third kappa shape index (κ3) is 7.46. The van der Waals surface area contributed by atoms with E-state index < -0.39 is 12.0 Å². The number of ether oxygens (including phenoxy) is 3. The second-order valence-corrected chi connectivity index (χ2v) is 8.91. The standard InChI is InChI=1S/C32H31NO5/c1-23-8-6-7-11-27(23)22-38-29-18-14-26(15-19-29)31(34)33-30(32(35)36-2)20-24-12-16-28(17-13-24)37-21-25-9-4-3-5-10-25/h3-19,30H,20-22H2,1-2H3,(H,33,34)/t30-/m0/s1. The number of nitrogens with one attached hydrogen (secondary N) is 1. The van der Waals surface area contributed by atoms with Gasteiger partial charge in [0.25, 0.3) is 5.91 Å². The average molecular weight is 510 g/mol. The molecule has 6 heteroatoms. The smallest absolute Gasteiger partial charge is 0.328 e. The van der Waals surface area contributed by atoms with Crippen molar-refractivity contribution < 1.29 is 23.8 Å². The minimum Gasteiger partial charge on any atom is -0.489 e. The first-order chi connectivity index (χ1) is 18.5. The van der Waals surface area contributed by atoms with E-state index in [-0.39, 0.29) is 12.3 Å². The van der Waals surface area contributed by atoms with Crippen LogP contribution in [0.5, 0.6) is 11.5 Å². The molecule has 4 rings (SSSR count). The highest BCUT2D eigenvalue weighted by Crippen LogP contribution is 2.18. The van der Waals surface area contributed by atoms with Crippen molar-refractivity contribution in [1.29, 1.82) is 0 Å². The minimum atomic E-state index is -0.833. The first kappa shape index (κ1) is 26.5. The van der Waals surface area contributed by atoms with Crippen LogP contribution in [0.15, 0.2) is 103 Å². The first-order valence-corrected chi connectivity index (χ1v) is 12.4. The van der Waals surface area contributed by atoms with Crippen molar-refractivity contribution in [2.75, 3.05) is 7.11 Å². The Labute approximate surface area is 223 Å². The topological polar surface area (TPSA) is 73.9 Å². The molecule has 1 atom stereocenters. The Morgan fingerprint density at radius 2 is 1.32 bits per heavy atom. The van der Waals surface area contributed by atoms with Crippen LogP contribution in [-0.4, -0.2) is 25.0 Å². The number of carbonyl (C=O) groups is 2. The van der Waals surface area contributed by atoms with Gasteiger partial charge in [0.1, 0.15) is 30.8 Å². The quantitative estimate of drug-likeness (QED) is 0.264. The molecular formula is C32H31NO5. The molecule has 0 heterocycles. The fourth-order valence-electron chi connectivity index (χ4n) is 3.91. The van der Waals surface area contributed by atoms with Gasteiger partial charge in [-0.1, -0.05) is 66.7 Å². The Balaban J connectivity index is 1.33. The molecule has 6 nitrogen and oxygen atoms in total. The summed E-state index contributed by atoms with van der Waals surface area (Å²) in [4.78, 5) is 25.3. The lowest BCUT2D eigenvalue weighted by atomic mass is 10.0. The number of esters is 1. The summed E-state index contributed by atoms with van der Waals surface area (Å²) in [5, 5.41) is 2.79. The molecule has 0 spiro atoms. The number of amides is 1. The van der Waals surface area contributed by atoms with E-state index in [0.717, 1.165) is 28.0 Å². The van der Waals surface area contributed by atoms with Crippen molar-refractivity contribution in [3.8, 4) is 11.5 Å². The molecule has 1 amide bonds. The van der Waals surface area contributed by atoms with Crippen molar-refractivity contribution in [2.24, 2.45) is 0 Å². The van der Waals surface area contributed by atoms with E-state index in [2.05, 4.69) is 5.32 Å². The zero-order valence-corrected chi connectivity index (χ0v) is 21.6. The molecule has 194 valence electrons. The van der Waals surface area contributed by atoms with E-state index in [9.17, 15) is 9.59 Å². The SMILES string of the molecule is COC(=O)[C@H](Cc1ccc(OCc2ccccc2)cc1)NC(=O)c1ccc(OCc2ccccc2C)cc1. The summed E-state index contributed by atoms with van der Waals surface area (Å²) in [6.07, 6.45) is 0.287. The largest absolute Gasteiger partial charge is 0.489 e. The molecule has 4 aromatic carbocycles. The van der Waals surface area contributed by atoms with Crippen molar-refractivity contribution in [3.63, 3.8) is 0 Å². The maximum absolute atomic E-state index is 12.9. The van der Waals surface area contributed by atoms with Crippen molar-refractivity contribution >= 4 is 11.9 Å². The van der Waals surface area contributed by atoms with Crippen LogP contribution < -0.4 is 14.8 Å². The predicted molar refractivity (Wildman–Crippen MR) is 146 cm³/mol. The summed E-state index contributed by atoms with van der Waals surface area (Å²) >= 11 is 0. The molecule has 0 aliphatic rings. The number of carbonyl (C=O) groups excluding carboxylic acids is 2. The fourth-order valence-corrected chi connectivity index (χ4v) is 3.91. The Kier molecular flexibility index (Phi) is 9.13. The van der Waals surface area contributed by atoms with Gasteiger partial charge in [0, 0.05) is 12.0 Å². The second-order valence-electron chi connectivity index (χ2n) is 8.91. The van der Waals surface area contributed by atoms with E-state index in [4.69, 9.17) is 14.2 Å². The molecule has 0 aliphatic heterocycles. The van der Waals surface area contributed by atoms with Crippen LogP contribution in [0, 0.1) is 6.92 Å². The molecule has 4 aromatic rings. The molecule has 38 heavy (non-hydrogen) atoms. The molecule has 0 unspecified atom stereocenters. The van der Waals surface area contributed by atoms with Gasteiger partial charge in [0.15, 0.2) is 0 Å². The summed E-state index contributed by atoms with van der Waals surface area (Å²) < 4.78 is 16.6. The van der Waals surface area contributed by atoms with Gasteiger partial charge in [0.2, 0.25) is 0 Å². The van der Waals surface area contributed by atoms with E-state index in [0.29, 0.717) is 24.5 Å². The molecular weight excluding hydrogens is 478 g/mol. The summed E-state index contributed by atoms with van der Waals surface area (Å²) in [5.74, 6) is 0.500. The molecule has 0 saturated heterocycles. The first-order valence-electron chi connectivity index (χ1n) is 12.4. The maximum Gasteiger partial charge on any atom is 0.328 e. The normalized spacial score (nSPS) is 11.3. The fraction of sp³-hybridized carbons (Fsp3) is 0.188. The minimum absolute atomic E-state index is 0.287. The Bertz CT molecular complexity index is 1330. The number of methoxy groups -OCH3 is 1. The van der Waals surface area contributed by atoms with Crippen LogP contribution in [-0.2, 0) is 29.2 Å². The number of aryl methyl sites for hydroxylation is 1. The lowest BCUT2D eigenvalue weighted by Gasteiger charge is -2.17. The third-order valence-electron chi connectivity index (χ3n) is 6.17. The van der Waals surface area contributed by atoms with Gasteiger partial charge in [-0.25, -0.2) is 4.79 Å². The monoisotopic (exact) mass is 509 g/mol. The second kappa shape index (κ2) is 13.1. The zero-order chi connectivity index (χ0) is 26.7. The van der Waals surface area contributed by atoms with E-state index in [1.165, 1.54) is 7.11 Å². The number of rotatable bonds is 11. The van der Waals surface area contributed by atoms with E-state index >= 15 is 0 Å². The van der Waals surface area contributed by atoms with E-state index in [1.807, 2.05) is 85.8 Å². The average Bonchev–Trinajstić information content (AvgIpc) is 2.96. The lowest BCUT2D eigenvalue weighted by molar-refractivity contribution is -0.142. The number of hydrogen-bond donors (Lipinski definition) is 1. The van der Waals surface area contributed by atoms with Gasteiger partial charge in [-0.3, -0.25) is 4.79 Å². The van der Waals surface area contributed by atoms with Gasteiger partial charge in [-0.15, -0.1) is 0 Å². The Morgan fingerprint density at radius 3 is 1.97 bits per heavy atom. The van der Waals surface area contributed by atoms with Crippen molar-refractivity contribution in [2.45, 2.75) is 32.6 Å². The van der Waals surface area contributed by atoms with Crippen LogP contribution in [0.2, 0.25) is 0 Å². The van der Waals surface area contributed by atoms with Crippen LogP contribution in [0.25, 0.3) is 0 Å². The Morgan fingerprint density at radius 1 is 0.711 bits per heavy atom. The van der Waals surface area contributed by atoms with Crippen LogP contribution in [0.4, 0.5) is 0 Å². The molecule has 0 radical (unpaired) electrons. The van der Waals surface area contributed by atoms with Gasteiger partial charge in [0.05, 0.1) is 7.11 Å². The van der Waals surface area contributed by atoms with Crippen LogP contribution in [0.3, 0.4) is 0 Å². The van der Waals surface area contributed by atoms with Gasteiger partial charge >= 0.3 is 5.97 Å². The molecule has 0 aromatic heterocycles. The highest BCUT2D eigenvalue weighted by Gasteiger charge is 2.23. The summed E-state index contributed by atoms with van der Waals surface area (Å²) in [7, 11) is 1.31. The maximum atomic E-state index is 12.9. The van der Waals surface area contributed by atoms with E-state index in [1.54, 1.807) is 24.3 Å². The van der Waals surface area contributed by atoms with Gasteiger partial charge in [-0.2, -0.15) is 0 Å². The highest BCUT2D eigenvalue weighted by molar-refractivity contribution is 5.96. The summed E-state index contributed by atoms with van der Waals surface area (Å²) in [6.45, 7) is 2.95. The van der Waals surface area contributed by atoms with Gasteiger partial charge < -0.3 is 19.5 Å². The third-order valence-corrected chi connectivity index (χ3v) is 6.17. The molecule has 1 N–H and O–H groups in total. The van der Waals surface area contributed by atoms with Crippen molar-refractivity contribution in [3.05, 3.63) is 131 Å². The zero-order valence-electron chi connectivity index (χ0n) is 21.6. The molecule has 0 bridgehead atoms. The molecule has 0 fully saturated rings. The number of hydrogen-bond acceptors (Lipinski definition) is 5. The number of benzene rings is 4. The van der Waals surface area contributed by atoms with Gasteiger partial charge in [-0.05, 0) is 65.6 Å². The Hall–Kier alpha value is -4.58. The lowest BCUT2D eigenvalue weighted by Crippen LogP contribution is -2.43. The molecule has 0 aliphatic carbocycles. The predicted octanol–water partition coefficient (Wildman–Crippen LogP) is 5.67. The highest BCUT2D eigenvalue weighted by atomic mass is 16.5. The van der Waals surface area contributed by atoms with Crippen molar-refractivity contribution in [1.82, 2.24) is 5.32 Å². The van der Waals surface area contributed by atoms with Crippen LogP contribution in [0.1, 0.15) is 32.6 Å². The molecule has 0 saturated carbocycles.